The monoisotopic (exact) mass is 412 g/mol. The van der Waals surface area contributed by atoms with Crippen molar-refractivity contribution in [3.05, 3.63) is 46.4 Å². The first-order chi connectivity index (χ1) is 14.5. The summed E-state index contributed by atoms with van der Waals surface area (Å²) in [6.07, 6.45) is 0.347. The number of ether oxygens (including phenoxy) is 3. The minimum atomic E-state index is -0.218. The number of carbonyl (C=O) groups excluding carboxylic acids is 1. The first-order valence-electron chi connectivity index (χ1n) is 9.66. The molecule has 4 rings (SSSR count). The van der Waals surface area contributed by atoms with Crippen LogP contribution in [0.4, 0.5) is 0 Å². The van der Waals surface area contributed by atoms with Crippen molar-refractivity contribution in [2.45, 2.75) is 12.3 Å². The molecule has 1 atom stereocenters. The summed E-state index contributed by atoms with van der Waals surface area (Å²) in [6, 6.07) is 8.82. The summed E-state index contributed by atoms with van der Waals surface area (Å²) < 4.78 is 17.1. The van der Waals surface area contributed by atoms with Crippen molar-refractivity contribution in [1.82, 2.24) is 19.5 Å². The number of hydrogen-bond donors (Lipinski definition) is 1. The standard InChI is InChI=1S/C21H24N4O5/c1-28-7-6-24-12-14(9-20(24)26)15-11-21(27)25-19(22-15)10-16(23-25)13-4-5-17(29-2)18(8-13)30-3/h4-5,8,10-11,14,23H,6-7,9,12H2,1-3H3/t14-/m1/s1. The molecule has 1 aliphatic rings. The molecule has 1 aromatic carbocycles. The van der Waals surface area contributed by atoms with Crippen LogP contribution in [-0.4, -0.2) is 66.4 Å². The van der Waals surface area contributed by atoms with Crippen LogP contribution in [0.2, 0.25) is 0 Å². The van der Waals surface area contributed by atoms with Gasteiger partial charge in [0.05, 0.1) is 32.2 Å². The first kappa shape index (κ1) is 20.0. The van der Waals surface area contributed by atoms with Crippen molar-refractivity contribution in [3.63, 3.8) is 0 Å². The molecule has 0 aliphatic carbocycles. The molecule has 0 unspecified atom stereocenters. The second kappa shape index (κ2) is 8.19. The highest BCUT2D eigenvalue weighted by Crippen LogP contribution is 2.32. The van der Waals surface area contributed by atoms with Gasteiger partial charge in [0, 0.05) is 50.2 Å². The molecule has 30 heavy (non-hydrogen) atoms. The van der Waals surface area contributed by atoms with Gasteiger partial charge in [-0.3, -0.25) is 14.7 Å². The SMILES string of the molecule is COCCN1C[C@H](c2cc(=O)n3[nH]c(-c4ccc(OC)c(OC)c4)cc3n2)CC1=O. The Morgan fingerprint density at radius 3 is 2.63 bits per heavy atom. The molecule has 9 heteroatoms. The summed E-state index contributed by atoms with van der Waals surface area (Å²) in [7, 11) is 4.76. The number of aromatic nitrogens is 3. The number of benzene rings is 1. The average Bonchev–Trinajstić information content (AvgIpc) is 3.35. The quantitative estimate of drug-likeness (QED) is 0.634. The van der Waals surface area contributed by atoms with Crippen LogP contribution < -0.4 is 15.0 Å². The van der Waals surface area contributed by atoms with Gasteiger partial charge in [0.15, 0.2) is 17.1 Å². The molecule has 0 saturated carbocycles. The maximum atomic E-state index is 12.7. The highest BCUT2D eigenvalue weighted by atomic mass is 16.5. The number of likely N-dealkylation sites (tertiary alicyclic amines) is 1. The third-order valence-corrected chi connectivity index (χ3v) is 5.36. The molecule has 1 amide bonds. The van der Waals surface area contributed by atoms with E-state index in [1.54, 1.807) is 32.3 Å². The van der Waals surface area contributed by atoms with E-state index in [9.17, 15) is 9.59 Å². The lowest BCUT2D eigenvalue weighted by molar-refractivity contribution is -0.128. The maximum absolute atomic E-state index is 12.7. The Morgan fingerprint density at radius 1 is 1.10 bits per heavy atom. The molecule has 3 aromatic rings. The number of rotatable bonds is 7. The number of aromatic amines is 1. The van der Waals surface area contributed by atoms with E-state index >= 15 is 0 Å². The average molecular weight is 412 g/mol. The molecular formula is C21H24N4O5. The normalized spacial score (nSPS) is 16.4. The Labute approximate surface area is 173 Å². The van der Waals surface area contributed by atoms with E-state index in [0.717, 1.165) is 11.3 Å². The number of H-pyrrole nitrogens is 1. The van der Waals surface area contributed by atoms with Gasteiger partial charge in [-0.1, -0.05) is 0 Å². The highest BCUT2D eigenvalue weighted by Gasteiger charge is 2.31. The van der Waals surface area contributed by atoms with Crippen LogP contribution >= 0.6 is 0 Å². The molecular weight excluding hydrogens is 388 g/mol. The van der Waals surface area contributed by atoms with E-state index in [2.05, 4.69) is 10.1 Å². The Bertz CT molecular complexity index is 1140. The predicted octanol–water partition coefficient (Wildman–Crippen LogP) is 1.67. The fourth-order valence-corrected chi connectivity index (χ4v) is 3.76. The van der Waals surface area contributed by atoms with Crippen LogP contribution in [0.25, 0.3) is 16.9 Å². The fraction of sp³-hybridized carbons (Fsp3) is 0.381. The molecule has 1 aliphatic heterocycles. The van der Waals surface area contributed by atoms with E-state index in [0.29, 0.717) is 49.0 Å². The van der Waals surface area contributed by atoms with Crippen molar-refractivity contribution in [2.75, 3.05) is 41.0 Å². The molecule has 3 heterocycles. The first-order valence-corrected chi connectivity index (χ1v) is 9.66. The molecule has 0 bridgehead atoms. The number of nitrogens with one attached hydrogen (secondary N) is 1. The van der Waals surface area contributed by atoms with Crippen molar-refractivity contribution in [1.29, 1.82) is 0 Å². The third-order valence-electron chi connectivity index (χ3n) is 5.36. The molecule has 9 nitrogen and oxygen atoms in total. The number of fused-ring (bicyclic) bond motifs is 1. The number of hydrogen-bond acceptors (Lipinski definition) is 6. The van der Waals surface area contributed by atoms with Crippen molar-refractivity contribution >= 4 is 11.6 Å². The molecule has 0 radical (unpaired) electrons. The summed E-state index contributed by atoms with van der Waals surface area (Å²) >= 11 is 0. The fourth-order valence-electron chi connectivity index (χ4n) is 3.76. The third kappa shape index (κ3) is 3.63. The van der Waals surface area contributed by atoms with Crippen molar-refractivity contribution in [3.8, 4) is 22.8 Å². The van der Waals surface area contributed by atoms with E-state index in [4.69, 9.17) is 14.2 Å². The van der Waals surface area contributed by atoms with Gasteiger partial charge in [0.1, 0.15) is 0 Å². The number of carbonyl (C=O) groups is 1. The smallest absolute Gasteiger partial charge is 0.272 e. The van der Waals surface area contributed by atoms with E-state index in [1.807, 2.05) is 18.2 Å². The summed E-state index contributed by atoms with van der Waals surface area (Å²) in [5.74, 6) is 1.17. The van der Waals surface area contributed by atoms with Crippen LogP contribution in [0.3, 0.4) is 0 Å². The number of methoxy groups -OCH3 is 3. The summed E-state index contributed by atoms with van der Waals surface area (Å²) in [5.41, 5.74) is 2.48. The zero-order valence-electron chi connectivity index (χ0n) is 17.2. The molecule has 1 fully saturated rings. The largest absolute Gasteiger partial charge is 0.493 e. The Kier molecular flexibility index (Phi) is 5.45. The summed E-state index contributed by atoms with van der Waals surface area (Å²) in [4.78, 5) is 31.3. The molecule has 158 valence electrons. The maximum Gasteiger partial charge on any atom is 0.272 e. The van der Waals surface area contributed by atoms with Gasteiger partial charge in [0.2, 0.25) is 5.91 Å². The van der Waals surface area contributed by atoms with Crippen molar-refractivity contribution < 1.29 is 19.0 Å². The topological polar surface area (TPSA) is 98.2 Å². The van der Waals surface area contributed by atoms with Crippen LogP contribution in [0.1, 0.15) is 18.0 Å². The number of amides is 1. The zero-order chi connectivity index (χ0) is 21.3. The van der Waals surface area contributed by atoms with Crippen LogP contribution in [-0.2, 0) is 9.53 Å². The molecule has 2 aromatic heterocycles. The molecule has 0 spiro atoms. The van der Waals surface area contributed by atoms with Gasteiger partial charge in [0.25, 0.3) is 5.56 Å². The van der Waals surface area contributed by atoms with Gasteiger partial charge in [-0.15, -0.1) is 0 Å². The van der Waals surface area contributed by atoms with Gasteiger partial charge in [-0.05, 0) is 18.2 Å². The van der Waals surface area contributed by atoms with Gasteiger partial charge < -0.3 is 19.1 Å². The van der Waals surface area contributed by atoms with Crippen LogP contribution in [0.15, 0.2) is 35.1 Å². The number of nitrogens with zero attached hydrogens (tertiary/aromatic N) is 3. The second-order valence-electron chi connectivity index (χ2n) is 7.19. The highest BCUT2D eigenvalue weighted by molar-refractivity contribution is 5.79. The lowest BCUT2D eigenvalue weighted by Gasteiger charge is -2.15. The minimum absolute atomic E-state index is 0.0548. The zero-order valence-corrected chi connectivity index (χ0v) is 17.2. The van der Waals surface area contributed by atoms with E-state index in [1.165, 1.54) is 10.6 Å². The van der Waals surface area contributed by atoms with E-state index in [-0.39, 0.29) is 17.4 Å². The molecule has 1 saturated heterocycles. The lowest BCUT2D eigenvalue weighted by atomic mass is 10.0. The summed E-state index contributed by atoms with van der Waals surface area (Å²) in [6.45, 7) is 1.57. The van der Waals surface area contributed by atoms with Crippen LogP contribution in [0, 0.1) is 0 Å². The van der Waals surface area contributed by atoms with Gasteiger partial charge in [-0.2, -0.15) is 0 Å². The van der Waals surface area contributed by atoms with Gasteiger partial charge in [-0.25, -0.2) is 9.50 Å². The minimum Gasteiger partial charge on any atom is -0.493 e. The van der Waals surface area contributed by atoms with Crippen LogP contribution in [0.5, 0.6) is 11.5 Å². The lowest BCUT2D eigenvalue weighted by Crippen LogP contribution is -2.28. The second-order valence-corrected chi connectivity index (χ2v) is 7.19. The van der Waals surface area contributed by atoms with Crippen molar-refractivity contribution in [2.24, 2.45) is 0 Å². The Morgan fingerprint density at radius 2 is 1.90 bits per heavy atom. The predicted molar refractivity (Wildman–Crippen MR) is 110 cm³/mol. The Balaban J connectivity index is 1.66. The Hall–Kier alpha value is -3.33. The molecule has 1 N–H and O–H groups in total. The van der Waals surface area contributed by atoms with Gasteiger partial charge >= 0.3 is 0 Å². The van der Waals surface area contributed by atoms with E-state index < -0.39 is 0 Å². The summed E-state index contributed by atoms with van der Waals surface area (Å²) in [5, 5.41) is 3.08.